The van der Waals surface area contributed by atoms with Crippen LogP contribution >= 0.6 is 11.6 Å². The van der Waals surface area contributed by atoms with Crippen LogP contribution in [0.3, 0.4) is 0 Å². The highest BCUT2D eigenvalue weighted by Crippen LogP contribution is 2.29. The molecule has 1 N–H and O–H groups in total. The number of amides is 1. The molecule has 1 fully saturated rings. The van der Waals surface area contributed by atoms with Gasteiger partial charge in [-0.15, -0.1) is 0 Å². The highest BCUT2D eigenvalue weighted by atomic mass is 35.5. The van der Waals surface area contributed by atoms with Crippen molar-refractivity contribution in [1.29, 1.82) is 0 Å². The fourth-order valence-corrected chi connectivity index (χ4v) is 3.05. The van der Waals surface area contributed by atoms with E-state index in [-0.39, 0.29) is 23.4 Å². The van der Waals surface area contributed by atoms with Crippen LogP contribution in [0.2, 0.25) is 5.02 Å². The topological polar surface area (TPSA) is 61.9 Å². The van der Waals surface area contributed by atoms with E-state index in [9.17, 15) is 9.18 Å². The number of nitrogens with one attached hydrogen (secondary N) is 1. The predicted octanol–water partition coefficient (Wildman–Crippen LogP) is 2.89. The van der Waals surface area contributed by atoms with Crippen LogP contribution in [-0.4, -0.2) is 32.5 Å². The number of carbonyl (C=O) groups is 1. The molecule has 1 aromatic carbocycles. The third-order valence-corrected chi connectivity index (χ3v) is 4.28. The molecule has 1 atom stereocenters. The molecule has 0 saturated carbocycles. The second-order valence-corrected chi connectivity index (χ2v) is 5.79. The van der Waals surface area contributed by atoms with Crippen LogP contribution in [0.25, 0.3) is 0 Å². The van der Waals surface area contributed by atoms with E-state index in [2.05, 4.69) is 15.2 Å². The van der Waals surface area contributed by atoms with Crippen molar-refractivity contribution in [2.24, 2.45) is 0 Å². The Morgan fingerprint density at radius 3 is 3.05 bits per heavy atom. The lowest BCUT2D eigenvalue weighted by Gasteiger charge is -2.34. The summed E-state index contributed by atoms with van der Waals surface area (Å²) < 4.78 is 13.1. The number of hydrogen-bond acceptors (Lipinski definition) is 3. The zero-order valence-electron chi connectivity index (χ0n) is 11.9. The smallest absolute Gasteiger partial charge is 0.227 e. The van der Waals surface area contributed by atoms with Gasteiger partial charge >= 0.3 is 0 Å². The van der Waals surface area contributed by atoms with Gasteiger partial charge in [0.05, 0.1) is 12.5 Å². The first kappa shape index (κ1) is 15.0. The molecule has 1 saturated heterocycles. The number of nitrogens with zero attached hydrogens (tertiary/aromatic N) is 3. The first-order chi connectivity index (χ1) is 10.6. The van der Waals surface area contributed by atoms with E-state index >= 15 is 0 Å². The Kier molecular flexibility index (Phi) is 4.38. The molecule has 0 bridgehead atoms. The number of rotatable bonds is 3. The van der Waals surface area contributed by atoms with E-state index in [1.807, 2.05) is 4.90 Å². The molecule has 1 aliphatic rings. The average molecular weight is 323 g/mol. The lowest BCUT2D eigenvalue weighted by molar-refractivity contribution is -0.134. The first-order valence-corrected chi connectivity index (χ1v) is 7.61. The Morgan fingerprint density at radius 1 is 1.45 bits per heavy atom. The van der Waals surface area contributed by atoms with Gasteiger partial charge in [-0.2, -0.15) is 5.10 Å². The summed E-state index contributed by atoms with van der Waals surface area (Å²) in [5, 5.41) is 6.99. The highest BCUT2D eigenvalue weighted by molar-refractivity contribution is 6.31. The van der Waals surface area contributed by atoms with Gasteiger partial charge in [0.1, 0.15) is 18.0 Å². The van der Waals surface area contributed by atoms with E-state index in [0.29, 0.717) is 17.9 Å². The molecule has 7 heteroatoms. The molecule has 0 aliphatic carbocycles. The maximum Gasteiger partial charge on any atom is 0.227 e. The number of aromatic nitrogens is 3. The summed E-state index contributed by atoms with van der Waals surface area (Å²) in [7, 11) is 0. The molecule has 0 spiro atoms. The molecular weight excluding hydrogens is 307 g/mol. The molecule has 1 amide bonds. The van der Waals surface area contributed by atoms with E-state index in [1.54, 1.807) is 6.07 Å². The van der Waals surface area contributed by atoms with Crippen molar-refractivity contribution in [2.45, 2.75) is 31.7 Å². The molecule has 5 nitrogen and oxygen atoms in total. The van der Waals surface area contributed by atoms with Crippen LogP contribution in [0.1, 0.15) is 36.7 Å². The number of hydrogen-bond donors (Lipinski definition) is 1. The minimum absolute atomic E-state index is 0.0328. The maximum absolute atomic E-state index is 13.1. The summed E-state index contributed by atoms with van der Waals surface area (Å²) in [5.41, 5.74) is 0.634. The molecule has 1 aliphatic heterocycles. The fourth-order valence-electron chi connectivity index (χ4n) is 2.82. The molecule has 22 heavy (non-hydrogen) atoms. The molecule has 0 unspecified atom stereocenters. The molecule has 3 rings (SSSR count). The van der Waals surface area contributed by atoms with Gasteiger partial charge in [0.15, 0.2) is 0 Å². The SMILES string of the molecule is O=C(Cc1ccc(F)cc1Cl)N1CCCC[C@H]1c1ncn[nH]1. The Bertz CT molecular complexity index is 662. The number of carbonyl (C=O) groups excluding carboxylic acids is 1. The second-order valence-electron chi connectivity index (χ2n) is 5.38. The Balaban J connectivity index is 1.77. The van der Waals surface area contributed by atoms with Crippen LogP contribution in [0, 0.1) is 5.82 Å². The normalized spacial score (nSPS) is 18.5. The quantitative estimate of drug-likeness (QED) is 0.945. The van der Waals surface area contributed by atoms with Gasteiger partial charge < -0.3 is 4.90 Å². The summed E-state index contributed by atoms with van der Waals surface area (Å²) in [6.45, 7) is 0.684. The Morgan fingerprint density at radius 2 is 2.32 bits per heavy atom. The summed E-state index contributed by atoms with van der Waals surface area (Å²) >= 11 is 6.01. The lowest BCUT2D eigenvalue weighted by atomic mass is 10.00. The minimum atomic E-state index is -0.404. The summed E-state index contributed by atoms with van der Waals surface area (Å²) in [4.78, 5) is 18.6. The van der Waals surface area contributed by atoms with Crippen LogP contribution in [0.15, 0.2) is 24.5 Å². The van der Waals surface area contributed by atoms with E-state index < -0.39 is 5.82 Å². The summed E-state index contributed by atoms with van der Waals surface area (Å²) in [6, 6.07) is 4.03. The summed E-state index contributed by atoms with van der Waals surface area (Å²) in [5.74, 6) is 0.270. The molecule has 0 radical (unpaired) electrons. The molecule has 2 heterocycles. The fraction of sp³-hybridized carbons (Fsp3) is 0.400. The van der Waals surface area contributed by atoms with Gasteiger partial charge in [0.2, 0.25) is 5.91 Å². The zero-order chi connectivity index (χ0) is 15.5. The minimum Gasteiger partial charge on any atom is -0.332 e. The number of aromatic amines is 1. The van der Waals surface area contributed by atoms with Crippen molar-refractivity contribution in [1.82, 2.24) is 20.1 Å². The van der Waals surface area contributed by atoms with Crippen molar-refractivity contribution in [3.8, 4) is 0 Å². The van der Waals surface area contributed by atoms with Gasteiger partial charge in [-0.25, -0.2) is 9.37 Å². The zero-order valence-corrected chi connectivity index (χ0v) is 12.7. The Hall–Kier alpha value is -1.95. The summed E-state index contributed by atoms with van der Waals surface area (Å²) in [6.07, 6.45) is 4.48. The van der Waals surface area contributed by atoms with Crippen molar-refractivity contribution < 1.29 is 9.18 Å². The van der Waals surface area contributed by atoms with Crippen LogP contribution < -0.4 is 0 Å². The van der Waals surface area contributed by atoms with Crippen molar-refractivity contribution in [3.05, 3.63) is 46.8 Å². The largest absolute Gasteiger partial charge is 0.332 e. The number of benzene rings is 1. The Labute approximate surface area is 132 Å². The van der Waals surface area contributed by atoms with Crippen molar-refractivity contribution in [2.75, 3.05) is 6.54 Å². The average Bonchev–Trinajstić information content (AvgIpc) is 3.04. The predicted molar refractivity (Wildman–Crippen MR) is 79.8 cm³/mol. The van der Waals surface area contributed by atoms with Gasteiger partial charge in [0.25, 0.3) is 0 Å². The molecule has 116 valence electrons. The second kappa shape index (κ2) is 6.44. The van der Waals surface area contributed by atoms with E-state index in [0.717, 1.165) is 19.3 Å². The number of H-pyrrole nitrogens is 1. The van der Waals surface area contributed by atoms with Gasteiger partial charge in [0, 0.05) is 11.6 Å². The number of likely N-dealkylation sites (tertiary alicyclic amines) is 1. The van der Waals surface area contributed by atoms with Crippen molar-refractivity contribution in [3.63, 3.8) is 0 Å². The van der Waals surface area contributed by atoms with Crippen LogP contribution in [0.4, 0.5) is 4.39 Å². The first-order valence-electron chi connectivity index (χ1n) is 7.24. The molecular formula is C15H16ClFN4O. The molecule has 1 aromatic heterocycles. The molecule has 2 aromatic rings. The third-order valence-electron chi connectivity index (χ3n) is 3.93. The van der Waals surface area contributed by atoms with E-state index in [1.165, 1.54) is 18.5 Å². The van der Waals surface area contributed by atoms with Gasteiger partial charge in [-0.1, -0.05) is 17.7 Å². The van der Waals surface area contributed by atoms with Crippen molar-refractivity contribution >= 4 is 17.5 Å². The van der Waals surface area contributed by atoms with Gasteiger partial charge in [-0.3, -0.25) is 9.89 Å². The van der Waals surface area contributed by atoms with Crippen LogP contribution in [-0.2, 0) is 11.2 Å². The van der Waals surface area contributed by atoms with Crippen LogP contribution in [0.5, 0.6) is 0 Å². The van der Waals surface area contributed by atoms with E-state index in [4.69, 9.17) is 11.6 Å². The number of piperidine rings is 1. The standard InChI is InChI=1S/C15H16ClFN4O/c16-12-8-11(17)5-4-10(12)7-14(22)21-6-2-1-3-13(21)15-18-9-19-20-15/h4-5,8-9,13H,1-3,6-7H2,(H,18,19,20)/t13-/m0/s1. The highest BCUT2D eigenvalue weighted by Gasteiger charge is 2.30. The lowest BCUT2D eigenvalue weighted by Crippen LogP contribution is -2.39. The third kappa shape index (κ3) is 3.11. The van der Waals surface area contributed by atoms with Gasteiger partial charge in [-0.05, 0) is 37.0 Å². The number of halogens is 2. The monoisotopic (exact) mass is 322 g/mol. The maximum atomic E-state index is 13.1.